The highest BCUT2D eigenvalue weighted by atomic mass is 16.5. The molecule has 0 saturated heterocycles. The first kappa shape index (κ1) is 15.1. The van der Waals surface area contributed by atoms with Crippen LogP contribution in [0.15, 0.2) is 42.5 Å². The van der Waals surface area contributed by atoms with Crippen molar-refractivity contribution in [1.29, 1.82) is 0 Å². The Hall–Kier alpha value is -2.82. The Morgan fingerprint density at radius 3 is 2.65 bits per heavy atom. The first-order valence-corrected chi connectivity index (χ1v) is 7.30. The molecule has 1 heterocycles. The predicted molar refractivity (Wildman–Crippen MR) is 82.5 cm³/mol. The van der Waals surface area contributed by atoms with Gasteiger partial charge in [0.2, 0.25) is 0 Å². The van der Waals surface area contributed by atoms with Crippen molar-refractivity contribution in [2.24, 2.45) is 0 Å². The quantitative estimate of drug-likeness (QED) is 0.641. The molecule has 0 bridgehead atoms. The summed E-state index contributed by atoms with van der Waals surface area (Å²) in [5, 5.41) is 0. The number of ether oxygens (including phenoxy) is 3. The summed E-state index contributed by atoms with van der Waals surface area (Å²) < 4.78 is 15.7. The third kappa shape index (κ3) is 3.34. The van der Waals surface area contributed by atoms with Crippen molar-refractivity contribution >= 4 is 11.9 Å². The Balaban J connectivity index is 1.70. The summed E-state index contributed by atoms with van der Waals surface area (Å²) in [7, 11) is 1.35. The molecule has 1 aliphatic rings. The lowest BCUT2D eigenvalue weighted by atomic mass is 10.1. The molecule has 0 spiro atoms. The standard InChI is InChI=1S/C18H16O5/c1-21-18(20)13-7-5-12(6-8-13)11-22-15-3-2-4-16-14(15)9-10-17(19)23-16/h2-8H,9-11H2,1H3. The molecule has 3 rings (SSSR count). The second kappa shape index (κ2) is 6.52. The number of benzene rings is 2. The van der Waals surface area contributed by atoms with E-state index in [9.17, 15) is 9.59 Å². The summed E-state index contributed by atoms with van der Waals surface area (Å²) in [6.45, 7) is 0.367. The number of hydrogen-bond acceptors (Lipinski definition) is 5. The average molecular weight is 312 g/mol. The maximum absolute atomic E-state index is 11.4. The van der Waals surface area contributed by atoms with Crippen LogP contribution in [0.25, 0.3) is 0 Å². The van der Waals surface area contributed by atoms with Crippen molar-refractivity contribution in [2.45, 2.75) is 19.4 Å². The summed E-state index contributed by atoms with van der Waals surface area (Å²) in [5.74, 6) is 0.705. The number of hydrogen-bond donors (Lipinski definition) is 0. The summed E-state index contributed by atoms with van der Waals surface area (Å²) in [6.07, 6.45) is 0.979. The van der Waals surface area contributed by atoms with Crippen LogP contribution in [-0.4, -0.2) is 19.0 Å². The van der Waals surface area contributed by atoms with Gasteiger partial charge < -0.3 is 14.2 Å². The zero-order chi connectivity index (χ0) is 16.2. The van der Waals surface area contributed by atoms with Gasteiger partial charge in [-0.25, -0.2) is 4.79 Å². The number of carbonyl (C=O) groups excluding carboxylic acids is 2. The highest BCUT2D eigenvalue weighted by Gasteiger charge is 2.20. The second-order valence-corrected chi connectivity index (χ2v) is 5.18. The van der Waals surface area contributed by atoms with Crippen LogP contribution in [0, 0.1) is 0 Å². The zero-order valence-corrected chi connectivity index (χ0v) is 12.7. The molecule has 0 N–H and O–H groups in total. The molecule has 0 saturated carbocycles. The lowest BCUT2D eigenvalue weighted by Crippen LogP contribution is -2.16. The minimum absolute atomic E-state index is 0.215. The second-order valence-electron chi connectivity index (χ2n) is 5.18. The molecule has 0 aliphatic carbocycles. The summed E-state index contributed by atoms with van der Waals surface area (Å²) >= 11 is 0. The fourth-order valence-electron chi connectivity index (χ4n) is 2.44. The Kier molecular flexibility index (Phi) is 4.28. The Labute approximate surface area is 133 Å². The van der Waals surface area contributed by atoms with Crippen LogP contribution >= 0.6 is 0 Å². The predicted octanol–water partition coefficient (Wildman–Crippen LogP) is 2.90. The van der Waals surface area contributed by atoms with Crippen molar-refractivity contribution in [2.75, 3.05) is 7.11 Å². The van der Waals surface area contributed by atoms with E-state index in [-0.39, 0.29) is 11.9 Å². The topological polar surface area (TPSA) is 61.8 Å². The van der Waals surface area contributed by atoms with E-state index in [4.69, 9.17) is 9.47 Å². The van der Waals surface area contributed by atoms with Crippen molar-refractivity contribution < 1.29 is 23.8 Å². The molecule has 0 fully saturated rings. The van der Waals surface area contributed by atoms with Crippen LogP contribution in [0.5, 0.6) is 11.5 Å². The lowest BCUT2D eigenvalue weighted by molar-refractivity contribution is -0.135. The molecule has 0 radical (unpaired) electrons. The minimum Gasteiger partial charge on any atom is -0.488 e. The van der Waals surface area contributed by atoms with Crippen molar-refractivity contribution in [3.05, 3.63) is 59.2 Å². The SMILES string of the molecule is COC(=O)c1ccc(COc2cccc3c2CCC(=O)O3)cc1. The third-order valence-electron chi connectivity index (χ3n) is 3.66. The van der Waals surface area contributed by atoms with E-state index in [0.29, 0.717) is 36.5 Å². The van der Waals surface area contributed by atoms with Crippen LogP contribution in [0.1, 0.15) is 27.9 Å². The summed E-state index contributed by atoms with van der Waals surface area (Å²) in [6, 6.07) is 12.5. The van der Waals surface area contributed by atoms with Crippen LogP contribution in [0.3, 0.4) is 0 Å². The number of fused-ring (bicyclic) bond motifs is 1. The minimum atomic E-state index is -0.364. The molecule has 23 heavy (non-hydrogen) atoms. The maximum Gasteiger partial charge on any atom is 0.337 e. The van der Waals surface area contributed by atoms with E-state index in [1.54, 1.807) is 24.3 Å². The van der Waals surface area contributed by atoms with Crippen molar-refractivity contribution in [1.82, 2.24) is 0 Å². The van der Waals surface area contributed by atoms with Crippen LogP contribution in [0.2, 0.25) is 0 Å². The van der Waals surface area contributed by atoms with Gasteiger partial charge in [-0.1, -0.05) is 18.2 Å². The van der Waals surface area contributed by atoms with E-state index in [1.165, 1.54) is 7.11 Å². The van der Waals surface area contributed by atoms with Gasteiger partial charge >= 0.3 is 11.9 Å². The molecule has 0 amide bonds. The highest BCUT2D eigenvalue weighted by molar-refractivity contribution is 5.89. The van der Waals surface area contributed by atoms with Gasteiger partial charge in [-0.05, 0) is 36.2 Å². The molecule has 5 heteroatoms. The van der Waals surface area contributed by atoms with Gasteiger partial charge in [0.25, 0.3) is 0 Å². The van der Waals surface area contributed by atoms with Crippen molar-refractivity contribution in [3.8, 4) is 11.5 Å². The van der Waals surface area contributed by atoms with Crippen LogP contribution in [0.4, 0.5) is 0 Å². The van der Waals surface area contributed by atoms with Crippen LogP contribution < -0.4 is 9.47 Å². The number of methoxy groups -OCH3 is 1. The molecule has 118 valence electrons. The number of carbonyl (C=O) groups is 2. The van der Waals surface area contributed by atoms with E-state index < -0.39 is 0 Å². The third-order valence-corrected chi connectivity index (χ3v) is 3.66. The van der Waals surface area contributed by atoms with E-state index in [0.717, 1.165) is 11.1 Å². The van der Waals surface area contributed by atoms with Gasteiger partial charge in [0, 0.05) is 5.56 Å². The van der Waals surface area contributed by atoms with Crippen LogP contribution in [-0.2, 0) is 22.6 Å². The smallest absolute Gasteiger partial charge is 0.337 e. The van der Waals surface area contributed by atoms with E-state index >= 15 is 0 Å². The van der Waals surface area contributed by atoms with Crippen molar-refractivity contribution in [3.63, 3.8) is 0 Å². The molecular weight excluding hydrogens is 296 g/mol. The lowest BCUT2D eigenvalue weighted by Gasteiger charge is -2.19. The van der Waals surface area contributed by atoms with E-state index in [1.807, 2.05) is 18.2 Å². The maximum atomic E-state index is 11.4. The van der Waals surface area contributed by atoms with Gasteiger partial charge in [0.1, 0.15) is 18.1 Å². The Morgan fingerprint density at radius 2 is 1.91 bits per heavy atom. The zero-order valence-electron chi connectivity index (χ0n) is 12.7. The van der Waals surface area contributed by atoms with Gasteiger partial charge in [0.15, 0.2) is 0 Å². The molecule has 2 aromatic carbocycles. The Morgan fingerprint density at radius 1 is 1.13 bits per heavy atom. The summed E-state index contributed by atoms with van der Waals surface area (Å²) in [4.78, 5) is 22.7. The molecular formula is C18H16O5. The van der Waals surface area contributed by atoms with Gasteiger partial charge in [-0.15, -0.1) is 0 Å². The average Bonchev–Trinajstić information content (AvgIpc) is 2.59. The number of esters is 2. The monoisotopic (exact) mass is 312 g/mol. The normalized spacial score (nSPS) is 13.0. The molecule has 0 unspecified atom stereocenters. The van der Waals surface area contributed by atoms with E-state index in [2.05, 4.69) is 4.74 Å². The fraction of sp³-hybridized carbons (Fsp3) is 0.222. The van der Waals surface area contributed by atoms with Gasteiger partial charge in [-0.2, -0.15) is 0 Å². The molecule has 2 aromatic rings. The highest BCUT2D eigenvalue weighted by Crippen LogP contribution is 2.33. The summed E-state index contributed by atoms with van der Waals surface area (Å²) in [5.41, 5.74) is 2.35. The molecule has 0 aromatic heterocycles. The largest absolute Gasteiger partial charge is 0.488 e. The first-order chi connectivity index (χ1) is 11.2. The Bertz CT molecular complexity index is 734. The van der Waals surface area contributed by atoms with Gasteiger partial charge in [0.05, 0.1) is 19.1 Å². The molecule has 0 atom stereocenters. The number of rotatable bonds is 4. The molecule has 5 nitrogen and oxygen atoms in total. The molecule has 1 aliphatic heterocycles. The fourth-order valence-corrected chi connectivity index (χ4v) is 2.44. The first-order valence-electron chi connectivity index (χ1n) is 7.30. The van der Waals surface area contributed by atoms with Gasteiger partial charge in [-0.3, -0.25) is 4.79 Å².